The molecule has 0 aliphatic carbocycles. The molecule has 0 bridgehead atoms. The van der Waals surface area contributed by atoms with Crippen molar-refractivity contribution in [1.29, 1.82) is 0 Å². The third-order valence-corrected chi connectivity index (χ3v) is 5.09. The molecule has 0 aliphatic heterocycles. The number of anilines is 5. The summed E-state index contributed by atoms with van der Waals surface area (Å²) in [7, 11) is 0. The maximum atomic E-state index is 6.55. The van der Waals surface area contributed by atoms with Gasteiger partial charge in [-0.15, -0.1) is 0 Å². The molecule has 0 spiro atoms. The Labute approximate surface area is 176 Å². The van der Waals surface area contributed by atoms with E-state index < -0.39 is 0 Å². The fourth-order valence-electron chi connectivity index (χ4n) is 3.26. The highest BCUT2D eigenvalue weighted by Crippen LogP contribution is 2.34. The highest BCUT2D eigenvalue weighted by atomic mass is 15.3. The van der Waals surface area contributed by atoms with Crippen LogP contribution < -0.4 is 16.0 Å². The van der Waals surface area contributed by atoms with Crippen LogP contribution in [0.4, 0.5) is 28.8 Å². The minimum absolute atomic E-state index is 0.472. The second-order valence-corrected chi connectivity index (χ2v) is 7.09. The molecule has 0 amide bonds. The van der Waals surface area contributed by atoms with Gasteiger partial charge >= 0.3 is 0 Å². The van der Waals surface area contributed by atoms with Crippen molar-refractivity contribution in [2.24, 2.45) is 0 Å². The van der Waals surface area contributed by atoms with E-state index in [2.05, 4.69) is 52.3 Å². The van der Waals surface area contributed by atoms with Crippen LogP contribution in [0.2, 0.25) is 0 Å². The van der Waals surface area contributed by atoms with E-state index in [9.17, 15) is 0 Å². The van der Waals surface area contributed by atoms with E-state index >= 15 is 0 Å². The summed E-state index contributed by atoms with van der Waals surface area (Å²) in [5, 5.41) is 3.37. The summed E-state index contributed by atoms with van der Waals surface area (Å²) >= 11 is 0. The lowest BCUT2D eigenvalue weighted by Crippen LogP contribution is -2.21. The summed E-state index contributed by atoms with van der Waals surface area (Å²) in [6.07, 6.45) is 3.29. The van der Waals surface area contributed by atoms with Gasteiger partial charge in [0.2, 0.25) is 0 Å². The summed E-state index contributed by atoms with van der Waals surface area (Å²) in [5.41, 5.74) is 11.5. The third-order valence-electron chi connectivity index (χ3n) is 5.09. The maximum Gasteiger partial charge on any atom is 0.163 e. The second kappa shape index (κ2) is 8.61. The number of rotatable bonds is 6. The second-order valence-electron chi connectivity index (χ2n) is 7.09. The minimum Gasteiger partial charge on any atom is -0.393 e. The third kappa shape index (κ3) is 4.07. The van der Waals surface area contributed by atoms with Crippen molar-refractivity contribution in [3.05, 3.63) is 95.9 Å². The van der Waals surface area contributed by atoms with Gasteiger partial charge in [-0.25, -0.2) is 15.0 Å². The van der Waals surface area contributed by atoms with Gasteiger partial charge in [0.1, 0.15) is 17.8 Å². The van der Waals surface area contributed by atoms with E-state index in [-0.39, 0.29) is 0 Å². The van der Waals surface area contributed by atoms with Crippen LogP contribution in [0, 0.1) is 13.8 Å². The number of aryl methyl sites for hydroxylation is 1. The highest BCUT2D eigenvalue weighted by Gasteiger charge is 2.19. The summed E-state index contributed by atoms with van der Waals surface area (Å²) in [4.78, 5) is 15.4. The van der Waals surface area contributed by atoms with Crippen molar-refractivity contribution in [1.82, 2.24) is 15.0 Å². The van der Waals surface area contributed by atoms with Crippen molar-refractivity contribution >= 4 is 28.8 Å². The summed E-state index contributed by atoms with van der Waals surface area (Å²) in [5.74, 6) is 1.95. The highest BCUT2D eigenvalue weighted by molar-refractivity contribution is 5.81. The molecule has 0 atom stereocenters. The van der Waals surface area contributed by atoms with Gasteiger partial charge in [-0.1, -0.05) is 48.5 Å². The van der Waals surface area contributed by atoms with Gasteiger partial charge in [-0.05, 0) is 48.7 Å². The van der Waals surface area contributed by atoms with Crippen LogP contribution >= 0.6 is 0 Å². The van der Waals surface area contributed by atoms with E-state index in [1.54, 1.807) is 6.20 Å². The minimum atomic E-state index is 0.472. The molecule has 4 rings (SSSR count). The molecule has 6 nitrogen and oxygen atoms in total. The molecule has 0 saturated heterocycles. The Hall–Kier alpha value is -3.93. The quantitative estimate of drug-likeness (QED) is 0.469. The van der Waals surface area contributed by atoms with Crippen LogP contribution in [-0.4, -0.2) is 15.0 Å². The first-order valence-corrected chi connectivity index (χ1v) is 9.79. The van der Waals surface area contributed by atoms with Gasteiger partial charge < -0.3 is 16.0 Å². The Bertz CT molecular complexity index is 1130. The summed E-state index contributed by atoms with van der Waals surface area (Å²) in [6, 6.07) is 22.1. The Balaban J connectivity index is 1.74. The standard InChI is InChI=1S/C24H24N6/c1-17-9-8-12-20(18(17)2)29-23-22(25)24(28-16-27-23)30(21-13-6-7-14-26-21)15-19-10-4-3-5-11-19/h3-14,16H,15,25H2,1-2H3,(H,27,28,29). The van der Waals surface area contributed by atoms with Crippen molar-refractivity contribution in [2.75, 3.05) is 16.0 Å². The van der Waals surface area contributed by atoms with Crippen LogP contribution in [0.15, 0.2) is 79.3 Å². The Morgan fingerprint density at radius 1 is 0.867 bits per heavy atom. The molecule has 0 aliphatic rings. The van der Waals surface area contributed by atoms with E-state index in [0.717, 1.165) is 22.6 Å². The van der Waals surface area contributed by atoms with E-state index in [1.165, 1.54) is 11.9 Å². The van der Waals surface area contributed by atoms with Gasteiger partial charge in [-0.3, -0.25) is 0 Å². The molecule has 0 unspecified atom stereocenters. The number of aromatic nitrogens is 3. The van der Waals surface area contributed by atoms with Gasteiger partial charge in [0.05, 0.1) is 6.54 Å². The molecular formula is C24H24N6. The number of nitrogens with two attached hydrogens (primary N) is 1. The lowest BCUT2D eigenvalue weighted by Gasteiger charge is -2.25. The molecule has 150 valence electrons. The molecule has 2 heterocycles. The first-order chi connectivity index (χ1) is 14.6. The van der Waals surface area contributed by atoms with Crippen LogP contribution in [0.3, 0.4) is 0 Å². The van der Waals surface area contributed by atoms with E-state index in [4.69, 9.17) is 5.73 Å². The first kappa shape index (κ1) is 19.4. The lowest BCUT2D eigenvalue weighted by molar-refractivity contribution is 0.918. The molecule has 0 saturated carbocycles. The molecule has 2 aromatic heterocycles. The fourth-order valence-corrected chi connectivity index (χ4v) is 3.26. The predicted molar refractivity (Wildman–Crippen MR) is 122 cm³/mol. The molecule has 6 heteroatoms. The molecule has 2 aromatic carbocycles. The number of pyridine rings is 1. The van der Waals surface area contributed by atoms with E-state index in [1.807, 2.05) is 53.4 Å². The molecule has 0 fully saturated rings. The van der Waals surface area contributed by atoms with E-state index in [0.29, 0.717) is 23.9 Å². The molecule has 30 heavy (non-hydrogen) atoms. The number of benzene rings is 2. The van der Waals surface area contributed by atoms with Crippen LogP contribution in [0.5, 0.6) is 0 Å². The molecule has 4 aromatic rings. The van der Waals surface area contributed by atoms with Crippen molar-refractivity contribution in [3.8, 4) is 0 Å². The predicted octanol–water partition coefficient (Wildman–Crippen LogP) is 5.15. The largest absolute Gasteiger partial charge is 0.393 e. The monoisotopic (exact) mass is 396 g/mol. The zero-order chi connectivity index (χ0) is 20.9. The number of hydrogen-bond acceptors (Lipinski definition) is 6. The Kier molecular flexibility index (Phi) is 5.57. The van der Waals surface area contributed by atoms with Crippen molar-refractivity contribution < 1.29 is 0 Å². The number of nitrogens with one attached hydrogen (secondary N) is 1. The molecule has 3 N–H and O–H groups in total. The maximum absolute atomic E-state index is 6.55. The average molecular weight is 396 g/mol. The Morgan fingerprint density at radius 3 is 2.43 bits per heavy atom. The zero-order valence-corrected chi connectivity index (χ0v) is 17.1. The molecule has 0 radical (unpaired) electrons. The molecular weight excluding hydrogens is 372 g/mol. The van der Waals surface area contributed by atoms with Crippen LogP contribution in [0.25, 0.3) is 0 Å². The topological polar surface area (TPSA) is 80.0 Å². The smallest absolute Gasteiger partial charge is 0.163 e. The fraction of sp³-hybridized carbons (Fsp3) is 0.125. The van der Waals surface area contributed by atoms with Gasteiger partial charge in [0.15, 0.2) is 11.6 Å². The first-order valence-electron chi connectivity index (χ1n) is 9.79. The number of nitrogens with zero attached hydrogens (tertiary/aromatic N) is 4. The Morgan fingerprint density at radius 2 is 1.67 bits per heavy atom. The van der Waals surface area contributed by atoms with Gasteiger partial charge in [0.25, 0.3) is 0 Å². The number of hydrogen-bond donors (Lipinski definition) is 2. The van der Waals surface area contributed by atoms with Gasteiger partial charge in [0, 0.05) is 11.9 Å². The van der Waals surface area contributed by atoms with Crippen LogP contribution in [0.1, 0.15) is 16.7 Å². The van der Waals surface area contributed by atoms with Crippen molar-refractivity contribution in [2.45, 2.75) is 20.4 Å². The number of nitrogen functional groups attached to an aromatic ring is 1. The normalized spacial score (nSPS) is 10.6. The van der Waals surface area contributed by atoms with Gasteiger partial charge in [-0.2, -0.15) is 0 Å². The average Bonchev–Trinajstić information content (AvgIpc) is 2.78. The zero-order valence-electron chi connectivity index (χ0n) is 17.1. The van der Waals surface area contributed by atoms with Crippen molar-refractivity contribution in [3.63, 3.8) is 0 Å². The SMILES string of the molecule is Cc1cccc(Nc2ncnc(N(Cc3ccccc3)c3ccccn3)c2N)c1C. The summed E-state index contributed by atoms with van der Waals surface area (Å²) < 4.78 is 0. The van der Waals surface area contributed by atoms with Crippen LogP contribution in [-0.2, 0) is 6.54 Å². The summed E-state index contributed by atoms with van der Waals surface area (Å²) in [6.45, 7) is 4.74. The lowest BCUT2D eigenvalue weighted by atomic mass is 10.1.